The highest BCUT2D eigenvalue weighted by atomic mass is 16.6. The van der Waals surface area contributed by atoms with Crippen LogP contribution < -0.4 is 9.47 Å². The third kappa shape index (κ3) is 6.89. The Morgan fingerprint density at radius 3 is 1.84 bits per heavy atom. The molecule has 0 unspecified atom stereocenters. The van der Waals surface area contributed by atoms with E-state index in [1.54, 1.807) is 0 Å². The molecule has 0 aliphatic heterocycles. The van der Waals surface area contributed by atoms with Crippen molar-refractivity contribution < 1.29 is 19.1 Å². The molecule has 0 saturated heterocycles. The van der Waals surface area contributed by atoms with Crippen molar-refractivity contribution in [1.29, 1.82) is 0 Å². The van der Waals surface area contributed by atoms with Gasteiger partial charge in [0.25, 0.3) is 0 Å². The summed E-state index contributed by atoms with van der Waals surface area (Å²) in [6, 6.07) is 3.79. The average molecular weight is 348 g/mol. The molecule has 0 atom stereocenters. The topological polar surface area (TPSA) is 52.6 Å². The van der Waals surface area contributed by atoms with E-state index >= 15 is 0 Å². The lowest BCUT2D eigenvalue weighted by Gasteiger charge is -2.22. The summed E-state index contributed by atoms with van der Waals surface area (Å²) in [6.07, 6.45) is 0.637. The lowest BCUT2D eigenvalue weighted by molar-refractivity contribution is -0.138. The van der Waals surface area contributed by atoms with Gasteiger partial charge in [-0.2, -0.15) is 0 Å². The molecule has 1 aromatic rings. The van der Waals surface area contributed by atoms with Crippen LogP contribution in [-0.4, -0.2) is 11.9 Å². The molecule has 140 valence electrons. The van der Waals surface area contributed by atoms with Crippen LogP contribution in [0.4, 0.5) is 0 Å². The summed E-state index contributed by atoms with van der Waals surface area (Å²) in [4.78, 5) is 24.3. The SMILES string of the molecule is Cc1cc(C(C)(C)C)cc(OC(=O)CC(C)C)c1OC(=O)CC(C)C. The maximum Gasteiger partial charge on any atom is 0.311 e. The molecular weight excluding hydrogens is 316 g/mol. The van der Waals surface area contributed by atoms with Crippen molar-refractivity contribution in [3.63, 3.8) is 0 Å². The second-order valence-electron chi connectivity index (χ2n) is 8.51. The first-order valence-corrected chi connectivity index (χ1v) is 8.96. The molecule has 0 spiro atoms. The van der Waals surface area contributed by atoms with Gasteiger partial charge in [0.1, 0.15) is 0 Å². The van der Waals surface area contributed by atoms with Crippen molar-refractivity contribution in [1.82, 2.24) is 0 Å². The number of carbonyl (C=O) groups excluding carboxylic acids is 2. The number of hydrogen-bond acceptors (Lipinski definition) is 4. The summed E-state index contributed by atoms with van der Waals surface area (Å²) in [7, 11) is 0. The summed E-state index contributed by atoms with van der Waals surface area (Å²) in [6.45, 7) is 16.0. The summed E-state index contributed by atoms with van der Waals surface area (Å²) in [5.41, 5.74) is 1.71. The molecule has 0 aliphatic rings. The fourth-order valence-electron chi connectivity index (χ4n) is 2.37. The zero-order valence-electron chi connectivity index (χ0n) is 16.9. The first-order valence-electron chi connectivity index (χ1n) is 8.96. The molecule has 4 heteroatoms. The van der Waals surface area contributed by atoms with E-state index in [4.69, 9.17) is 9.47 Å². The van der Waals surface area contributed by atoms with Crippen molar-refractivity contribution in [3.8, 4) is 11.5 Å². The Morgan fingerprint density at radius 2 is 1.40 bits per heavy atom. The summed E-state index contributed by atoms with van der Waals surface area (Å²) in [5.74, 6) is 0.438. The smallest absolute Gasteiger partial charge is 0.311 e. The van der Waals surface area contributed by atoms with E-state index in [0.29, 0.717) is 24.3 Å². The quantitative estimate of drug-likeness (QED) is 0.524. The molecule has 4 nitrogen and oxygen atoms in total. The van der Waals surface area contributed by atoms with E-state index in [2.05, 4.69) is 20.8 Å². The van der Waals surface area contributed by atoms with Gasteiger partial charge in [-0.15, -0.1) is 0 Å². The summed E-state index contributed by atoms with van der Waals surface area (Å²) < 4.78 is 11.1. The second-order valence-corrected chi connectivity index (χ2v) is 8.51. The molecule has 25 heavy (non-hydrogen) atoms. The molecule has 0 amide bonds. The van der Waals surface area contributed by atoms with Crippen LogP contribution in [0.1, 0.15) is 72.4 Å². The highest BCUT2D eigenvalue weighted by Gasteiger charge is 2.22. The minimum absolute atomic E-state index is 0.107. The van der Waals surface area contributed by atoms with E-state index in [9.17, 15) is 9.59 Å². The Bertz CT molecular complexity index is 622. The third-order valence-electron chi connectivity index (χ3n) is 3.70. The first-order chi connectivity index (χ1) is 11.4. The molecule has 0 heterocycles. The summed E-state index contributed by atoms with van der Waals surface area (Å²) in [5, 5.41) is 0. The van der Waals surface area contributed by atoms with Gasteiger partial charge >= 0.3 is 11.9 Å². The predicted octanol–water partition coefficient (Wildman–Crippen LogP) is 5.20. The lowest BCUT2D eigenvalue weighted by atomic mass is 9.86. The molecule has 0 aromatic heterocycles. The fourth-order valence-corrected chi connectivity index (χ4v) is 2.37. The summed E-state index contributed by atoms with van der Waals surface area (Å²) >= 11 is 0. The molecule has 0 aliphatic carbocycles. The maximum atomic E-state index is 12.1. The lowest BCUT2D eigenvalue weighted by Crippen LogP contribution is -2.17. The fraction of sp³-hybridized carbons (Fsp3) is 0.619. The Hall–Kier alpha value is -1.84. The third-order valence-corrected chi connectivity index (χ3v) is 3.70. The normalized spacial score (nSPS) is 11.8. The van der Waals surface area contributed by atoms with Gasteiger partial charge in [-0.1, -0.05) is 54.5 Å². The van der Waals surface area contributed by atoms with Crippen molar-refractivity contribution in [2.24, 2.45) is 11.8 Å². The Morgan fingerprint density at radius 1 is 0.920 bits per heavy atom. The molecule has 0 saturated carbocycles. The Kier molecular flexibility index (Phi) is 7.21. The number of rotatable bonds is 6. The van der Waals surface area contributed by atoms with E-state index in [1.165, 1.54) is 0 Å². The number of benzene rings is 1. The highest BCUT2D eigenvalue weighted by molar-refractivity contribution is 5.77. The highest BCUT2D eigenvalue weighted by Crippen LogP contribution is 2.37. The van der Waals surface area contributed by atoms with Crippen LogP contribution in [0.2, 0.25) is 0 Å². The van der Waals surface area contributed by atoms with Crippen molar-refractivity contribution in [3.05, 3.63) is 23.3 Å². The van der Waals surface area contributed by atoms with Gasteiger partial charge in [0.2, 0.25) is 0 Å². The number of aryl methyl sites for hydroxylation is 1. The average Bonchev–Trinajstić information content (AvgIpc) is 2.39. The molecule has 0 radical (unpaired) electrons. The van der Waals surface area contributed by atoms with Crippen LogP contribution in [0.15, 0.2) is 12.1 Å². The van der Waals surface area contributed by atoms with Crippen LogP contribution in [0, 0.1) is 18.8 Å². The van der Waals surface area contributed by atoms with Crippen molar-refractivity contribution in [2.45, 2.75) is 73.6 Å². The van der Waals surface area contributed by atoms with Gasteiger partial charge in [0.15, 0.2) is 11.5 Å². The molecular formula is C21H32O4. The molecule has 1 rings (SSSR count). The minimum Gasteiger partial charge on any atom is -0.422 e. The number of esters is 2. The standard InChI is InChI=1S/C21H32O4/c1-13(2)9-18(22)24-17-12-16(21(6,7)8)11-15(5)20(17)25-19(23)10-14(3)4/h11-14H,9-10H2,1-8H3. The van der Waals surface area contributed by atoms with Crippen molar-refractivity contribution in [2.75, 3.05) is 0 Å². The van der Waals surface area contributed by atoms with E-state index in [1.807, 2.05) is 46.8 Å². The van der Waals surface area contributed by atoms with Gasteiger partial charge in [-0.3, -0.25) is 9.59 Å². The number of carbonyl (C=O) groups is 2. The molecule has 1 aromatic carbocycles. The predicted molar refractivity (Wildman–Crippen MR) is 100 cm³/mol. The molecule has 0 fully saturated rings. The zero-order chi connectivity index (χ0) is 19.4. The van der Waals surface area contributed by atoms with Gasteiger partial charge in [-0.25, -0.2) is 0 Å². The number of ether oxygens (including phenoxy) is 2. The van der Waals surface area contributed by atoms with Gasteiger partial charge in [0, 0.05) is 12.8 Å². The van der Waals surface area contributed by atoms with Crippen LogP contribution in [-0.2, 0) is 15.0 Å². The largest absolute Gasteiger partial charge is 0.422 e. The second kappa shape index (κ2) is 8.50. The van der Waals surface area contributed by atoms with E-state index < -0.39 is 0 Å². The van der Waals surface area contributed by atoms with Gasteiger partial charge in [-0.05, 0) is 41.4 Å². The van der Waals surface area contributed by atoms with Crippen LogP contribution in [0.5, 0.6) is 11.5 Å². The monoisotopic (exact) mass is 348 g/mol. The minimum atomic E-state index is -0.318. The first kappa shape index (κ1) is 21.2. The van der Waals surface area contributed by atoms with E-state index in [-0.39, 0.29) is 29.2 Å². The Labute approximate surface area is 151 Å². The molecule has 0 N–H and O–H groups in total. The zero-order valence-corrected chi connectivity index (χ0v) is 16.9. The van der Waals surface area contributed by atoms with Gasteiger partial charge in [0.05, 0.1) is 0 Å². The van der Waals surface area contributed by atoms with E-state index in [0.717, 1.165) is 11.1 Å². The van der Waals surface area contributed by atoms with Crippen LogP contribution in [0.25, 0.3) is 0 Å². The number of hydrogen-bond donors (Lipinski definition) is 0. The maximum absolute atomic E-state index is 12.1. The van der Waals surface area contributed by atoms with Crippen molar-refractivity contribution >= 4 is 11.9 Å². The van der Waals surface area contributed by atoms with Crippen LogP contribution >= 0.6 is 0 Å². The van der Waals surface area contributed by atoms with Gasteiger partial charge < -0.3 is 9.47 Å². The van der Waals surface area contributed by atoms with Crippen LogP contribution in [0.3, 0.4) is 0 Å². The Balaban J connectivity index is 3.23. The molecule has 0 bridgehead atoms.